The molecule has 0 aliphatic rings. The van der Waals surface area contributed by atoms with E-state index in [0.29, 0.717) is 12.5 Å². The summed E-state index contributed by atoms with van der Waals surface area (Å²) in [5.41, 5.74) is 4.34. The average molecular weight is 218 g/mol. The van der Waals surface area contributed by atoms with Crippen LogP contribution in [0.1, 0.15) is 20.8 Å². The number of ether oxygens (including phenoxy) is 2. The highest BCUT2D eigenvalue weighted by Gasteiger charge is 2.40. The molecule has 5 heteroatoms. The van der Waals surface area contributed by atoms with E-state index >= 15 is 0 Å². The fourth-order valence-corrected chi connectivity index (χ4v) is 1.27. The predicted octanol–water partition coefficient (Wildman–Crippen LogP) is 0.0949. The van der Waals surface area contributed by atoms with Gasteiger partial charge in [-0.3, -0.25) is 10.1 Å². The quantitative estimate of drug-likeness (QED) is 0.594. The highest BCUT2D eigenvalue weighted by molar-refractivity contribution is 5.84. The predicted molar refractivity (Wildman–Crippen MR) is 58.2 cm³/mol. The molecule has 0 heterocycles. The molecule has 3 N–H and O–H groups in total. The molecule has 90 valence electrons. The number of rotatable bonds is 7. The molecule has 0 aromatic carbocycles. The summed E-state index contributed by atoms with van der Waals surface area (Å²) in [4.78, 5) is 11.4. The number of carbonyl (C=O) groups is 1. The molecule has 1 amide bonds. The standard InChI is InChI=1S/C10H22N2O3/c1-7(2)6-12-10(3,8(11)13)9(14-4)15-5/h7,9,12H,6H2,1-5H3,(H2,11,13). The lowest BCUT2D eigenvalue weighted by Crippen LogP contribution is -2.62. The van der Waals surface area contributed by atoms with Crippen molar-refractivity contribution < 1.29 is 14.3 Å². The highest BCUT2D eigenvalue weighted by atomic mass is 16.7. The third kappa shape index (κ3) is 3.77. The minimum atomic E-state index is -1.01. The summed E-state index contributed by atoms with van der Waals surface area (Å²) in [5.74, 6) is -0.0742. The first-order valence-electron chi connectivity index (χ1n) is 4.99. The Morgan fingerprint density at radius 3 is 2.13 bits per heavy atom. The fraction of sp³-hybridized carbons (Fsp3) is 0.900. The lowest BCUT2D eigenvalue weighted by atomic mass is 9.99. The van der Waals surface area contributed by atoms with E-state index in [-0.39, 0.29) is 0 Å². The van der Waals surface area contributed by atoms with Crippen LogP contribution in [0.4, 0.5) is 0 Å². The van der Waals surface area contributed by atoms with Crippen LogP contribution in [0.3, 0.4) is 0 Å². The Kier molecular flexibility index (Phi) is 5.79. The third-order valence-corrected chi connectivity index (χ3v) is 2.29. The molecule has 0 radical (unpaired) electrons. The molecule has 0 bridgehead atoms. The lowest BCUT2D eigenvalue weighted by Gasteiger charge is -2.34. The van der Waals surface area contributed by atoms with Gasteiger partial charge in [-0.2, -0.15) is 0 Å². The summed E-state index contributed by atoms with van der Waals surface area (Å²) >= 11 is 0. The number of methoxy groups -OCH3 is 2. The molecule has 0 spiro atoms. The van der Waals surface area contributed by atoms with Gasteiger partial charge >= 0.3 is 0 Å². The number of carbonyl (C=O) groups excluding carboxylic acids is 1. The largest absolute Gasteiger partial charge is 0.368 e. The van der Waals surface area contributed by atoms with Gasteiger partial charge in [-0.1, -0.05) is 13.8 Å². The maximum atomic E-state index is 11.4. The molecule has 0 aromatic rings. The number of amides is 1. The van der Waals surface area contributed by atoms with Crippen molar-refractivity contribution in [1.82, 2.24) is 5.32 Å². The van der Waals surface area contributed by atoms with Crippen molar-refractivity contribution in [3.8, 4) is 0 Å². The van der Waals surface area contributed by atoms with E-state index in [1.54, 1.807) is 6.92 Å². The van der Waals surface area contributed by atoms with Crippen LogP contribution < -0.4 is 11.1 Å². The smallest absolute Gasteiger partial charge is 0.242 e. The minimum Gasteiger partial charge on any atom is -0.368 e. The van der Waals surface area contributed by atoms with E-state index in [9.17, 15) is 4.79 Å². The number of hydrogen-bond acceptors (Lipinski definition) is 4. The zero-order chi connectivity index (χ0) is 12.1. The topological polar surface area (TPSA) is 73.6 Å². The van der Waals surface area contributed by atoms with Crippen LogP contribution in [0.15, 0.2) is 0 Å². The first-order chi connectivity index (χ1) is 6.88. The summed E-state index contributed by atoms with van der Waals surface area (Å²) in [5, 5.41) is 3.07. The maximum Gasteiger partial charge on any atom is 0.242 e. The van der Waals surface area contributed by atoms with Crippen molar-refractivity contribution in [2.24, 2.45) is 11.7 Å². The molecular formula is C10H22N2O3. The summed E-state index contributed by atoms with van der Waals surface area (Å²) < 4.78 is 10.1. The van der Waals surface area contributed by atoms with Crippen molar-refractivity contribution >= 4 is 5.91 Å². The summed E-state index contributed by atoms with van der Waals surface area (Å²) in [6.45, 7) is 6.43. The molecule has 0 fully saturated rings. The van der Waals surface area contributed by atoms with E-state index in [1.165, 1.54) is 14.2 Å². The number of nitrogens with two attached hydrogens (primary N) is 1. The van der Waals surface area contributed by atoms with Crippen LogP contribution in [-0.4, -0.2) is 38.5 Å². The van der Waals surface area contributed by atoms with Crippen LogP contribution in [0, 0.1) is 5.92 Å². The Morgan fingerprint density at radius 2 is 1.87 bits per heavy atom. The second-order valence-electron chi connectivity index (χ2n) is 4.14. The SMILES string of the molecule is COC(OC)C(C)(NCC(C)C)C(N)=O. The van der Waals surface area contributed by atoms with Gasteiger partial charge in [-0.25, -0.2) is 0 Å². The van der Waals surface area contributed by atoms with Gasteiger partial charge in [0, 0.05) is 14.2 Å². The van der Waals surface area contributed by atoms with Gasteiger partial charge in [-0.05, 0) is 19.4 Å². The van der Waals surface area contributed by atoms with Crippen molar-refractivity contribution in [2.75, 3.05) is 20.8 Å². The minimum absolute atomic E-state index is 0.415. The summed E-state index contributed by atoms with van der Waals surface area (Å²) in [6.07, 6.45) is -0.686. The van der Waals surface area contributed by atoms with Gasteiger partial charge in [0.15, 0.2) is 6.29 Å². The van der Waals surface area contributed by atoms with Crippen molar-refractivity contribution in [3.63, 3.8) is 0 Å². The number of nitrogens with one attached hydrogen (secondary N) is 1. The Morgan fingerprint density at radius 1 is 1.40 bits per heavy atom. The third-order valence-electron chi connectivity index (χ3n) is 2.29. The van der Waals surface area contributed by atoms with Crippen LogP contribution in [0.25, 0.3) is 0 Å². The molecule has 1 atom stereocenters. The van der Waals surface area contributed by atoms with E-state index in [0.717, 1.165) is 0 Å². The normalized spacial score (nSPS) is 15.7. The number of hydrogen-bond donors (Lipinski definition) is 2. The van der Waals surface area contributed by atoms with Crippen LogP contribution in [-0.2, 0) is 14.3 Å². The zero-order valence-electron chi connectivity index (χ0n) is 10.2. The molecule has 0 aliphatic carbocycles. The monoisotopic (exact) mass is 218 g/mol. The van der Waals surface area contributed by atoms with Gasteiger partial charge in [0.25, 0.3) is 0 Å². The van der Waals surface area contributed by atoms with Gasteiger partial charge in [-0.15, -0.1) is 0 Å². The zero-order valence-corrected chi connectivity index (χ0v) is 10.2. The van der Waals surface area contributed by atoms with Gasteiger partial charge in [0.05, 0.1) is 0 Å². The molecular weight excluding hydrogens is 196 g/mol. The molecule has 0 saturated carbocycles. The van der Waals surface area contributed by atoms with E-state index in [2.05, 4.69) is 5.32 Å². The molecule has 0 aliphatic heterocycles. The summed E-state index contributed by atoms with van der Waals surface area (Å²) in [6, 6.07) is 0. The van der Waals surface area contributed by atoms with Gasteiger partial charge in [0.2, 0.25) is 5.91 Å². The molecule has 1 unspecified atom stereocenters. The lowest BCUT2D eigenvalue weighted by molar-refractivity contribution is -0.166. The van der Waals surface area contributed by atoms with Crippen molar-refractivity contribution in [1.29, 1.82) is 0 Å². The van der Waals surface area contributed by atoms with Crippen LogP contribution >= 0.6 is 0 Å². The molecule has 0 saturated heterocycles. The molecule has 5 nitrogen and oxygen atoms in total. The average Bonchev–Trinajstić information content (AvgIpc) is 2.16. The molecule has 0 rings (SSSR count). The maximum absolute atomic E-state index is 11.4. The Hall–Kier alpha value is -0.650. The van der Waals surface area contributed by atoms with Crippen molar-refractivity contribution in [3.05, 3.63) is 0 Å². The first-order valence-corrected chi connectivity index (χ1v) is 4.99. The van der Waals surface area contributed by atoms with Gasteiger partial charge in [0.1, 0.15) is 5.54 Å². The van der Waals surface area contributed by atoms with E-state index < -0.39 is 17.7 Å². The van der Waals surface area contributed by atoms with E-state index in [4.69, 9.17) is 15.2 Å². The summed E-state index contributed by atoms with van der Waals surface area (Å²) in [7, 11) is 2.96. The number of primary amides is 1. The van der Waals surface area contributed by atoms with E-state index in [1.807, 2.05) is 13.8 Å². The van der Waals surface area contributed by atoms with Gasteiger partial charge < -0.3 is 15.2 Å². The first kappa shape index (κ1) is 14.3. The van der Waals surface area contributed by atoms with Crippen LogP contribution in [0.5, 0.6) is 0 Å². The Labute approximate surface area is 91.3 Å². The molecule has 0 aromatic heterocycles. The fourth-order valence-electron chi connectivity index (χ4n) is 1.27. The Bertz CT molecular complexity index is 205. The molecule has 15 heavy (non-hydrogen) atoms. The van der Waals surface area contributed by atoms with Crippen molar-refractivity contribution in [2.45, 2.75) is 32.6 Å². The second-order valence-corrected chi connectivity index (χ2v) is 4.14. The second kappa shape index (κ2) is 6.05. The Balaban J connectivity index is 4.64. The highest BCUT2D eigenvalue weighted by Crippen LogP contribution is 2.14. The van der Waals surface area contributed by atoms with Crippen LogP contribution in [0.2, 0.25) is 0 Å².